The predicted octanol–water partition coefficient (Wildman–Crippen LogP) is 4.29. The molecule has 1 heterocycles. The monoisotopic (exact) mass is 406 g/mol. The molecule has 0 aromatic heterocycles. The summed E-state index contributed by atoms with van der Waals surface area (Å²) < 4.78 is 31.5. The third kappa shape index (κ3) is 3.25. The number of sulfone groups is 1. The Labute approximate surface area is 168 Å². The molecular formula is C23H18O5S. The quantitative estimate of drug-likeness (QED) is 0.474. The van der Waals surface area contributed by atoms with E-state index in [1.807, 2.05) is 31.2 Å². The molecule has 0 bridgehead atoms. The summed E-state index contributed by atoms with van der Waals surface area (Å²) in [4.78, 5) is 25.1. The van der Waals surface area contributed by atoms with Crippen molar-refractivity contribution in [2.75, 3.05) is 0 Å². The van der Waals surface area contributed by atoms with Crippen molar-refractivity contribution in [1.29, 1.82) is 0 Å². The molecule has 4 rings (SSSR count). The number of fused-ring (bicyclic) bond motifs is 2. The molecule has 0 aliphatic carbocycles. The Bertz CT molecular complexity index is 1240. The smallest absolute Gasteiger partial charge is 0.338 e. The molecule has 0 fully saturated rings. The van der Waals surface area contributed by atoms with Crippen molar-refractivity contribution in [3.63, 3.8) is 0 Å². The van der Waals surface area contributed by atoms with Crippen molar-refractivity contribution >= 4 is 21.6 Å². The molecule has 146 valence electrons. The number of esters is 1. The van der Waals surface area contributed by atoms with Crippen molar-refractivity contribution in [3.8, 4) is 0 Å². The van der Waals surface area contributed by atoms with Gasteiger partial charge < -0.3 is 4.74 Å². The average Bonchev–Trinajstić information content (AvgIpc) is 2.72. The minimum absolute atomic E-state index is 0.0453. The fourth-order valence-electron chi connectivity index (χ4n) is 3.35. The molecule has 0 N–H and O–H groups in total. The molecule has 6 heteroatoms. The highest BCUT2D eigenvalue weighted by molar-refractivity contribution is 7.91. The summed E-state index contributed by atoms with van der Waals surface area (Å²) in [5.41, 5.74) is 2.21. The molecule has 0 spiro atoms. The summed E-state index contributed by atoms with van der Waals surface area (Å²) in [5.74, 6) is -1.03. The fourth-order valence-corrected chi connectivity index (χ4v) is 5.02. The van der Waals surface area contributed by atoms with Crippen LogP contribution in [0.3, 0.4) is 0 Å². The van der Waals surface area contributed by atoms with E-state index in [1.165, 1.54) is 30.3 Å². The van der Waals surface area contributed by atoms with Gasteiger partial charge in [0.2, 0.25) is 9.84 Å². The third-order valence-electron chi connectivity index (χ3n) is 5.00. The first-order valence-corrected chi connectivity index (χ1v) is 10.6. The van der Waals surface area contributed by atoms with Gasteiger partial charge >= 0.3 is 5.97 Å². The lowest BCUT2D eigenvalue weighted by atomic mass is 10.0. The van der Waals surface area contributed by atoms with Crippen molar-refractivity contribution in [3.05, 3.63) is 94.5 Å². The number of hydrogen-bond donors (Lipinski definition) is 0. The molecule has 3 aromatic rings. The van der Waals surface area contributed by atoms with Gasteiger partial charge in [0.1, 0.15) is 6.10 Å². The highest BCUT2D eigenvalue weighted by Gasteiger charge is 2.35. The lowest BCUT2D eigenvalue weighted by Crippen LogP contribution is -2.21. The zero-order chi connectivity index (χ0) is 20.8. The summed E-state index contributed by atoms with van der Waals surface area (Å²) in [6.07, 6.45) is -0.502. The van der Waals surface area contributed by atoms with E-state index in [4.69, 9.17) is 4.74 Å². The van der Waals surface area contributed by atoms with Crippen molar-refractivity contribution in [1.82, 2.24) is 0 Å². The molecule has 0 saturated heterocycles. The Balaban J connectivity index is 1.68. The lowest BCUT2D eigenvalue weighted by Gasteiger charge is -2.19. The minimum atomic E-state index is -3.90. The molecule has 3 aromatic carbocycles. The van der Waals surface area contributed by atoms with Crippen LogP contribution in [0.4, 0.5) is 0 Å². The van der Waals surface area contributed by atoms with E-state index in [9.17, 15) is 18.0 Å². The zero-order valence-corrected chi connectivity index (χ0v) is 16.7. The second kappa shape index (κ2) is 6.97. The number of ketones is 1. The van der Waals surface area contributed by atoms with Gasteiger partial charge in [-0.2, -0.15) is 0 Å². The number of rotatable bonds is 3. The van der Waals surface area contributed by atoms with E-state index in [0.717, 1.165) is 11.1 Å². The number of carbonyl (C=O) groups is 2. The first-order valence-electron chi connectivity index (χ1n) is 9.09. The summed E-state index contributed by atoms with van der Waals surface area (Å²) in [7, 11) is -3.90. The SMILES string of the molecule is Cc1ccc([C@H](C)OC(=O)c2ccc3c(c2)S(=O)(=O)c2ccccc2C3=O)cc1. The lowest BCUT2D eigenvalue weighted by molar-refractivity contribution is 0.0337. The van der Waals surface area contributed by atoms with Gasteiger partial charge in [-0.1, -0.05) is 42.0 Å². The van der Waals surface area contributed by atoms with Crippen LogP contribution >= 0.6 is 0 Å². The molecule has 1 aliphatic rings. The molecule has 0 unspecified atom stereocenters. The number of ether oxygens (including phenoxy) is 1. The predicted molar refractivity (Wildman–Crippen MR) is 107 cm³/mol. The van der Waals surface area contributed by atoms with Gasteiger partial charge in [0.25, 0.3) is 0 Å². The van der Waals surface area contributed by atoms with Crippen LogP contribution < -0.4 is 0 Å². The minimum Gasteiger partial charge on any atom is -0.454 e. The third-order valence-corrected chi connectivity index (χ3v) is 6.86. The molecule has 1 aliphatic heterocycles. The Morgan fingerprint density at radius 2 is 1.55 bits per heavy atom. The Morgan fingerprint density at radius 3 is 2.28 bits per heavy atom. The normalized spacial score (nSPS) is 15.2. The van der Waals surface area contributed by atoms with Crippen molar-refractivity contribution in [2.24, 2.45) is 0 Å². The fraction of sp³-hybridized carbons (Fsp3) is 0.130. The zero-order valence-electron chi connectivity index (χ0n) is 15.9. The second-order valence-corrected chi connectivity index (χ2v) is 8.88. The molecule has 1 atom stereocenters. The van der Waals surface area contributed by atoms with E-state index < -0.39 is 21.9 Å². The maximum atomic E-state index is 13.0. The number of benzene rings is 3. The van der Waals surface area contributed by atoms with Crippen LogP contribution in [0.5, 0.6) is 0 Å². The van der Waals surface area contributed by atoms with Crippen LogP contribution in [0.1, 0.15) is 50.4 Å². The summed E-state index contributed by atoms with van der Waals surface area (Å²) in [6, 6.07) is 17.7. The molecular weight excluding hydrogens is 388 g/mol. The molecule has 0 amide bonds. The Morgan fingerprint density at radius 1 is 0.897 bits per heavy atom. The van der Waals surface area contributed by atoms with Gasteiger partial charge in [-0.25, -0.2) is 13.2 Å². The van der Waals surface area contributed by atoms with Crippen molar-refractivity contribution < 1.29 is 22.7 Å². The summed E-state index contributed by atoms with van der Waals surface area (Å²) >= 11 is 0. The van der Waals surface area contributed by atoms with Crippen molar-refractivity contribution in [2.45, 2.75) is 29.7 Å². The van der Waals surface area contributed by atoms with Crippen LogP contribution in [0.15, 0.2) is 76.5 Å². The largest absolute Gasteiger partial charge is 0.454 e. The van der Waals surface area contributed by atoms with E-state index in [0.29, 0.717) is 0 Å². The Kier molecular flexibility index (Phi) is 4.59. The standard InChI is InChI=1S/C23H18O5S/c1-14-7-9-16(10-8-14)15(2)28-23(25)17-11-12-19-21(13-17)29(26,27)20-6-4-3-5-18(20)22(19)24/h3-13,15H,1-2H3/t15-/m0/s1. The topological polar surface area (TPSA) is 77.5 Å². The number of carbonyl (C=O) groups excluding carboxylic acids is 2. The Hall–Kier alpha value is -3.25. The van der Waals surface area contributed by atoms with Crippen LogP contribution in [-0.2, 0) is 14.6 Å². The maximum Gasteiger partial charge on any atom is 0.338 e. The molecule has 5 nitrogen and oxygen atoms in total. The first kappa shape index (κ1) is 19.1. The van der Waals surface area contributed by atoms with E-state index in [1.54, 1.807) is 19.1 Å². The van der Waals surface area contributed by atoms with Gasteiger partial charge in [0.05, 0.1) is 15.4 Å². The molecule has 0 saturated carbocycles. The van der Waals surface area contributed by atoms with Crippen LogP contribution in [0.25, 0.3) is 0 Å². The number of aryl methyl sites for hydroxylation is 1. The van der Waals surface area contributed by atoms with Crippen LogP contribution in [-0.4, -0.2) is 20.2 Å². The first-order chi connectivity index (χ1) is 13.8. The van der Waals surface area contributed by atoms with Crippen LogP contribution in [0.2, 0.25) is 0 Å². The highest BCUT2D eigenvalue weighted by atomic mass is 32.2. The second-order valence-electron chi connectivity index (χ2n) is 7.00. The van der Waals surface area contributed by atoms with Gasteiger partial charge in [0.15, 0.2) is 5.78 Å². The summed E-state index contributed by atoms with van der Waals surface area (Å²) in [5, 5.41) is 0. The van der Waals surface area contributed by atoms with E-state index >= 15 is 0 Å². The maximum absolute atomic E-state index is 13.0. The average molecular weight is 406 g/mol. The molecule has 29 heavy (non-hydrogen) atoms. The van der Waals surface area contributed by atoms with Gasteiger partial charge in [0, 0.05) is 11.1 Å². The van der Waals surface area contributed by atoms with Gasteiger partial charge in [-0.3, -0.25) is 4.79 Å². The summed E-state index contributed by atoms with van der Waals surface area (Å²) in [6.45, 7) is 3.71. The van der Waals surface area contributed by atoms with Gasteiger partial charge in [-0.15, -0.1) is 0 Å². The van der Waals surface area contributed by atoms with Crippen LogP contribution in [0, 0.1) is 6.92 Å². The molecule has 0 radical (unpaired) electrons. The number of hydrogen-bond acceptors (Lipinski definition) is 5. The van der Waals surface area contributed by atoms with E-state index in [-0.39, 0.29) is 32.3 Å². The van der Waals surface area contributed by atoms with Gasteiger partial charge in [-0.05, 0) is 49.7 Å². The highest BCUT2D eigenvalue weighted by Crippen LogP contribution is 2.35. The van der Waals surface area contributed by atoms with E-state index in [2.05, 4.69) is 0 Å².